The van der Waals surface area contributed by atoms with Gasteiger partial charge in [-0.15, -0.1) is 11.3 Å². The molecular formula is C18H21NO3S. The quantitative estimate of drug-likeness (QED) is 0.937. The third-order valence-electron chi connectivity index (χ3n) is 4.90. The van der Waals surface area contributed by atoms with Crippen LogP contribution in [0.1, 0.15) is 32.5 Å². The number of benzene rings is 1. The second-order valence-electron chi connectivity index (χ2n) is 6.26. The Morgan fingerprint density at radius 3 is 2.91 bits per heavy atom. The summed E-state index contributed by atoms with van der Waals surface area (Å²) in [5.41, 5.74) is 4.00. The van der Waals surface area contributed by atoms with E-state index in [2.05, 4.69) is 11.0 Å². The van der Waals surface area contributed by atoms with Crippen LogP contribution in [0, 0.1) is 0 Å². The second kappa shape index (κ2) is 5.82. The fraction of sp³-hybridized carbons (Fsp3) is 0.444. The SMILES string of the molecule is COCc1cc2c(s1)C[C@H]1c3cc(O)c(OC)cc3CCN1C2. The van der Waals surface area contributed by atoms with E-state index in [9.17, 15) is 5.11 Å². The molecule has 0 saturated carbocycles. The van der Waals surface area contributed by atoms with Gasteiger partial charge in [0.15, 0.2) is 11.5 Å². The number of hydrogen-bond acceptors (Lipinski definition) is 5. The maximum atomic E-state index is 10.2. The van der Waals surface area contributed by atoms with Gasteiger partial charge >= 0.3 is 0 Å². The number of aromatic hydroxyl groups is 1. The zero-order chi connectivity index (χ0) is 16.0. The molecule has 5 heteroatoms. The van der Waals surface area contributed by atoms with Gasteiger partial charge in [0, 0.05) is 42.4 Å². The van der Waals surface area contributed by atoms with Gasteiger partial charge < -0.3 is 14.6 Å². The van der Waals surface area contributed by atoms with Crippen molar-refractivity contribution in [1.82, 2.24) is 4.90 Å². The Balaban J connectivity index is 1.69. The summed E-state index contributed by atoms with van der Waals surface area (Å²) in [5, 5.41) is 10.2. The summed E-state index contributed by atoms with van der Waals surface area (Å²) in [7, 11) is 3.35. The van der Waals surface area contributed by atoms with Crippen LogP contribution in [0.15, 0.2) is 18.2 Å². The number of phenols is 1. The van der Waals surface area contributed by atoms with Gasteiger partial charge in [0.25, 0.3) is 0 Å². The van der Waals surface area contributed by atoms with Crippen LogP contribution in [0.5, 0.6) is 11.5 Å². The molecule has 1 aromatic carbocycles. The molecule has 4 nitrogen and oxygen atoms in total. The lowest BCUT2D eigenvalue weighted by molar-refractivity contribution is 0.162. The van der Waals surface area contributed by atoms with Crippen molar-refractivity contribution in [3.8, 4) is 11.5 Å². The minimum atomic E-state index is 0.241. The molecular weight excluding hydrogens is 310 g/mol. The van der Waals surface area contributed by atoms with Crippen LogP contribution in [0.25, 0.3) is 0 Å². The average Bonchev–Trinajstić information content (AvgIpc) is 2.94. The summed E-state index contributed by atoms with van der Waals surface area (Å²) in [5.74, 6) is 0.817. The van der Waals surface area contributed by atoms with E-state index in [1.807, 2.05) is 23.5 Å². The van der Waals surface area contributed by atoms with Crippen LogP contribution in [-0.2, 0) is 30.7 Å². The highest BCUT2D eigenvalue weighted by Crippen LogP contribution is 2.43. The number of methoxy groups -OCH3 is 2. The van der Waals surface area contributed by atoms with Crippen LogP contribution >= 0.6 is 11.3 Å². The van der Waals surface area contributed by atoms with E-state index >= 15 is 0 Å². The van der Waals surface area contributed by atoms with Gasteiger partial charge in [-0.25, -0.2) is 0 Å². The molecule has 0 spiro atoms. The first-order valence-electron chi connectivity index (χ1n) is 7.92. The van der Waals surface area contributed by atoms with E-state index in [1.54, 1.807) is 14.2 Å². The normalized spacial score (nSPS) is 19.8. The minimum Gasteiger partial charge on any atom is -0.504 e. The second-order valence-corrected chi connectivity index (χ2v) is 7.48. The first-order chi connectivity index (χ1) is 11.2. The van der Waals surface area contributed by atoms with Crippen LogP contribution in [0.4, 0.5) is 0 Å². The highest BCUT2D eigenvalue weighted by atomic mass is 32.1. The Hall–Kier alpha value is -1.56. The number of thiophene rings is 1. The summed E-state index contributed by atoms with van der Waals surface area (Å²) in [6.45, 7) is 2.74. The van der Waals surface area contributed by atoms with E-state index in [0.717, 1.165) is 25.9 Å². The molecule has 2 aliphatic rings. The topological polar surface area (TPSA) is 41.9 Å². The lowest BCUT2D eigenvalue weighted by atomic mass is 9.86. The summed E-state index contributed by atoms with van der Waals surface area (Å²) in [6.07, 6.45) is 2.02. The van der Waals surface area contributed by atoms with Gasteiger partial charge in [0.2, 0.25) is 0 Å². The Bertz CT molecular complexity index is 740. The van der Waals surface area contributed by atoms with Gasteiger partial charge in [0.1, 0.15) is 0 Å². The third-order valence-corrected chi connectivity index (χ3v) is 6.07. The molecule has 0 saturated heterocycles. The fourth-order valence-corrected chi connectivity index (χ4v) is 4.99. The monoisotopic (exact) mass is 331 g/mol. The van der Waals surface area contributed by atoms with Crippen LogP contribution in [0.2, 0.25) is 0 Å². The predicted molar refractivity (Wildman–Crippen MR) is 90.2 cm³/mol. The minimum absolute atomic E-state index is 0.241. The molecule has 3 heterocycles. The Kier molecular flexibility index (Phi) is 3.79. The molecule has 1 atom stereocenters. The molecule has 4 rings (SSSR count). The number of phenolic OH excluding ortho intramolecular Hbond substituents is 1. The molecule has 0 bridgehead atoms. The third kappa shape index (κ3) is 2.53. The van der Waals surface area contributed by atoms with E-state index in [4.69, 9.17) is 9.47 Å². The molecule has 0 radical (unpaired) electrons. The zero-order valence-corrected chi connectivity index (χ0v) is 14.3. The Morgan fingerprint density at radius 2 is 2.13 bits per heavy atom. The fourth-order valence-electron chi connectivity index (χ4n) is 3.80. The van der Waals surface area contributed by atoms with Gasteiger partial charge in [-0.3, -0.25) is 4.90 Å². The van der Waals surface area contributed by atoms with E-state index in [1.165, 1.54) is 26.4 Å². The van der Waals surface area contributed by atoms with Gasteiger partial charge in [-0.2, -0.15) is 0 Å². The lowest BCUT2D eigenvalue weighted by Gasteiger charge is -2.40. The van der Waals surface area contributed by atoms with Crippen molar-refractivity contribution in [2.45, 2.75) is 32.0 Å². The van der Waals surface area contributed by atoms with E-state index in [0.29, 0.717) is 18.4 Å². The van der Waals surface area contributed by atoms with Crippen molar-refractivity contribution in [2.24, 2.45) is 0 Å². The predicted octanol–water partition coefficient (Wildman–Crippen LogP) is 3.26. The maximum Gasteiger partial charge on any atom is 0.160 e. The van der Waals surface area contributed by atoms with Crippen LogP contribution in [0.3, 0.4) is 0 Å². The standard InChI is InChI=1S/C18H21NO3S/c1-21-10-13-5-12-9-19-4-3-11-6-17(22-2)16(20)7-14(11)15(19)8-18(12)23-13/h5-7,15,20H,3-4,8-10H2,1-2H3/t15-/m0/s1. The Labute approximate surface area is 140 Å². The number of rotatable bonds is 3. The van der Waals surface area contributed by atoms with Crippen molar-refractivity contribution >= 4 is 11.3 Å². The van der Waals surface area contributed by atoms with Crippen molar-refractivity contribution in [3.63, 3.8) is 0 Å². The Morgan fingerprint density at radius 1 is 1.26 bits per heavy atom. The average molecular weight is 331 g/mol. The molecule has 0 amide bonds. The van der Waals surface area contributed by atoms with Gasteiger partial charge in [-0.1, -0.05) is 0 Å². The lowest BCUT2D eigenvalue weighted by Crippen LogP contribution is -2.38. The number of hydrogen-bond donors (Lipinski definition) is 1. The summed E-state index contributed by atoms with van der Waals surface area (Å²) in [6, 6.07) is 6.56. The molecule has 2 aliphatic heterocycles. The number of fused-ring (bicyclic) bond motifs is 4. The van der Waals surface area contributed by atoms with Crippen LogP contribution in [-0.4, -0.2) is 30.8 Å². The largest absolute Gasteiger partial charge is 0.504 e. The molecule has 0 aliphatic carbocycles. The first-order valence-corrected chi connectivity index (χ1v) is 8.74. The molecule has 2 aromatic rings. The number of nitrogens with zero attached hydrogens (tertiary/aromatic N) is 1. The maximum absolute atomic E-state index is 10.2. The van der Waals surface area contributed by atoms with Crippen molar-refractivity contribution in [3.05, 3.63) is 44.6 Å². The van der Waals surface area contributed by atoms with Crippen molar-refractivity contribution < 1.29 is 14.6 Å². The van der Waals surface area contributed by atoms with E-state index in [-0.39, 0.29) is 5.75 Å². The van der Waals surface area contributed by atoms with Gasteiger partial charge in [0.05, 0.1) is 13.7 Å². The molecule has 23 heavy (non-hydrogen) atoms. The van der Waals surface area contributed by atoms with Crippen molar-refractivity contribution in [1.29, 1.82) is 0 Å². The van der Waals surface area contributed by atoms with Crippen molar-refractivity contribution in [2.75, 3.05) is 20.8 Å². The van der Waals surface area contributed by atoms with Gasteiger partial charge in [-0.05, 0) is 41.3 Å². The molecule has 0 fully saturated rings. The smallest absolute Gasteiger partial charge is 0.160 e. The summed E-state index contributed by atoms with van der Waals surface area (Å²) >= 11 is 1.86. The summed E-state index contributed by atoms with van der Waals surface area (Å²) in [4.78, 5) is 5.29. The zero-order valence-electron chi connectivity index (χ0n) is 13.5. The first kappa shape index (κ1) is 15.0. The van der Waals surface area contributed by atoms with E-state index < -0.39 is 0 Å². The number of ether oxygens (including phenoxy) is 2. The molecule has 1 N–H and O–H groups in total. The summed E-state index contributed by atoms with van der Waals surface area (Å²) < 4.78 is 10.5. The molecule has 1 aromatic heterocycles. The highest BCUT2D eigenvalue weighted by Gasteiger charge is 2.33. The molecule has 0 unspecified atom stereocenters. The highest BCUT2D eigenvalue weighted by molar-refractivity contribution is 7.12. The van der Waals surface area contributed by atoms with Crippen LogP contribution < -0.4 is 4.74 Å². The molecule has 122 valence electrons.